The molecule has 3 heterocycles. The van der Waals surface area contributed by atoms with Gasteiger partial charge in [0.05, 0.1) is 5.69 Å². The topological polar surface area (TPSA) is 56.1 Å². The predicted molar refractivity (Wildman–Crippen MR) is 91.0 cm³/mol. The number of hydrogen-bond donors (Lipinski definition) is 0. The Labute approximate surface area is 152 Å². The molecule has 1 aromatic heterocycles. The summed E-state index contributed by atoms with van der Waals surface area (Å²) < 4.78 is 37.1. The quantitative estimate of drug-likeness (QED) is 0.757. The van der Waals surface area contributed by atoms with Gasteiger partial charge in [0.1, 0.15) is 0 Å². The molecule has 0 atom stereocenters. The molecule has 2 aliphatic rings. The first kappa shape index (κ1) is 17.0. The zero-order chi connectivity index (χ0) is 18.3. The van der Waals surface area contributed by atoms with Gasteiger partial charge in [0.25, 0.3) is 0 Å². The number of alkyl halides is 2. The number of aryl methyl sites for hydroxylation is 1. The number of hydrogen-bond acceptors (Lipinski definition) is 4. The van der Waals surface area contributed by atoms with Crippen molar-refractivity contribution in [3.63, 3.8) is 0 Å². The van der Waals surface area contributed by atoms with Crippen molar-refractivity contribution in [3.8, 4) is 17.2 Å². The number of piperidine rings is 1. The molecule has 9 heteroatoms. The molecule has 1 saturated heterocycles. The second kappa shape index (κ2) is 6.39. The van der Waals surface area contributed by atoms with Crippen LogP contribution in [0.2, 0.25) is 0 Å². The lowest BCUT2D eigenvalue weighted by molar-refractivity contribution is -0.286. The third-order valence-electron chi connectivity index (χ3n) is 4.25. The van der Waals surface area contributed by atoms with Crippen LogP contribution in [0.1, 0.15) is 24.1 Å². The molecule has 138 valence electrons. The fraction of sp³-hybridized carbons (Fsp3) is 0.412. The summed E-state index contributed by atoms with van der Waals surface area (Å²) in [6, 6.07) is 4.22. The fourth-order valence-corrected chi connectivity index (χ4v) is 3.87. The van der Waals surface area contributed by atoms with Gasteiger partial charge in [0.2, 0.25) is 0 Å². The van der Waals surface area contributed by atoms with Crippen molar-refractivity contribution < 1.29 is 23.0 Å². The van der Waals surface area contributed by atoms with Crippen LogP contribution in [-0.4, -0.2) is 34.9 Å². The Morgan fingerprint density at radius 2 is 1.92 bits per heavy atom. The highest BCUT2D eigenvalue weighted by molar-refractivity contribution is 7.09. The molecule has 1 aromatic carbocycles. The summed E-state index contributed by atoms with van der Waals surface area (Å²) in [7, 11) is 0. The van der Waals surface area contributed by atoms with Gasteiger partial charge in [0.15, 0.2) is 16.3 Å². The number of aromatic nitrogens is 1. The van der Waals surface area contributed by atoms with E-state index in [1.807, 2.05) is 13.1 Å². The average molecular weight is 381 g/mol. The maximum absolute atomic E-state index is 13.2. The molecule has 4 rings (SSSR count). The number of fused-ring (bicyclic) bond motifs is 1. The number of benzene rings is 1. The van der Waals surface area contributed by atoms with Gasteiger partial charge in [-0.2, -0.15) is 4.99 Å². The van der Waals surface area contributed by atoms with Crippen molar-refractivity contribution in [2.24, 2.45) is 4.99 Å². The van der Waals surface area contributed by atoms with Crippen molar-refractivity contribution in [1.29, 1.82) is 0 Å². The second-order valence-corrected chi connectivity index (χ2v) is 7.45. The van der Waals surface area contributed by atoms with Crippen molar-refractivity contribution in [2.45, 2.75) is 32.5 Å². The monoisotopic (exact) mass is 381 g/mol. The van der Waals surface area contributed by atoms with Gasteiger partial charge < -0.3 is 14.4 Å². The number of urea groups is 1. The Morgan fingerprint density at radius 1 is 1.19 bits per heavy atom. The van der Waals surface area contributed by atoms with Gasteiger partial charge in [-0.05, 0) is 38.3 Å². The number of rotatable bonds is 1. The van der Waals surface area contributed by atoms with Crippen LogP contribution in [0.3, 0.4) is 0 Å². The Kier molecular flexibility index (Phi) is 4.18. The van der Waals surface area contributed by atoms with Gasteiger partial charge in [-0.15, -0.1) is 20.1 Å². The number of carbonyl (C=O) groups is 1. The summed E-state index contributed by atoms with van der Waals surface area (Å²) in [6.45, 7) is 3.32. The minimum absolute atomic E-state index is 0.0193. The maximum Gasteiger partial charge on any atom is 0.586 e. The Hall–Kier alpha value is -2.42. The first-order valence-corrected chi connectivity index (χ1v) is 9.16. The van der Waals surface area contributed by atoms with Gasteiger partial charge in [-0.1, -0.05) is 0 Å². The van der Waals surface area contributed by atoms with E-state index in [9.17, 15) is 13.6 Å². The molecule has 0 saturated carbocycles. The number of carbonyl (C=O) groups excluding carboxylic acids is 1. The molecule has 0 spiro atoms. The van der Waals surface area contributed by atoms with Crippen LogP contribution in [0.4, 0.5) is 13.6 Å². The Bertz CT molecular complexity index is 916. The normalized spacial score (nSPS) is 19.0. The standard InChI is InChI=1S/C17H17F2N3O3S/c1-11-10-22(12-5-6-13-14(9-12)25-17(18,19)24-13)16(26-11)20-15(23)21-7-3-2-4-8-21/h5-6,9-10H,2-4,7-8H2,1H3/b20-16-. The molecule has 1 fully saturated rings. The first-order valence-electron chi connectivity index (χ1n) is 8.34. The van der Waals surface area contributed by atoms with Gasteiger partial charge in [0, 0.05) is 30.2 Å². The van der Waals surface area contributed by atoms with Crippen LogP contribution in [0.25, 0.3) is 5.69 Å². The summed E-state index contributed by atoms with van der Waals surface area (Å²) in [5, 5.41) is 0. The van der Waals surface area contributed by atoms with Crippen molar-refractivity contribution in [2.75, 3.05) is 13.1 Å². The molecule has 0 bridgehead atoms. The van der Waals surface area contributed by atoms with E-state index in [-0.39, 0.29) is 17.5 Å². The smallest absolute Gasteiger partial charge is 0.395 e. The van der Waals surface area contributed by atoms with Crippen LogP contribution in [0.15, 0.2) is 29.4 Å². The number of nitrogens with zero attached hydrogens (tertiary/aromatic N) is 3. The van der Waals surface area contributed by atoms with Crippen molar-refractivity contribution >= 4 is 17.4 Å². The number of amides is 2. The molecule has 2 aliphatic heterocycles. The molecular weight excluding hydrogens is 364 g/mol. The van der Waals surface area contributed by atoms with E-state index in [0.29, 0.717) is 23.6 Å². The molecule has 0 radical (unpaired) electrons. The van der Waals surface area contributed by atoms with Crippen LogP contribution in [-0.2, 0) is 0 Å². The Morgan fingerprint density at radius 3 is 2.69 bits per heavy atom. The van der Waals surface area contributed by atoms with E-state index in [2.05, 4.69) is 14.5 Å². The van der Waals surface area contributed by atoms with Gasteiger partial charge in [-0.25, -0.2) is 4.79 Å². The third kappa shape index (κ3) is 3.31. The molecule has 0 aliphatic carbocycles. The van der Waals surface area contributed by atoms with E-state index in [1.165, 1.54) is 23.5 Å². The highest BCUT2D eigenvalue weighted by Gasteiger charge is 2.43. The molecule has 6 nitrogen and oxygen atoms in total. The van der Waals surface area contributed by atoms with Crippen LogP contribution < -0.4 is 14.3 Å². The summed E-state index contributed by atoms with van der Waals surface area (Å²) in [5.41, 5.74) is 0.569. The second-order valence-electron chi connectivity index (χ2n) is 6.24. The first-order chi connectivity index (χ1) is 12.4. The summed E-state index contributed by atoms with van der Waals surface area (Å²) in [6.07, 6.45) is 1.25. The highest BCUT2D eigenvalue weighted by Crippen LogP contribution is 2.41. The molecule has 2 aromatic rings. The van der Waals surface area contributed by atoms with Crippen molar-refractivity contribution in [1.82, 2.24) is 9.47 Å². The SMILES string of the molecule is Cc1cn(-c2ccc3c(c2)OC(F)(F)O3)/c(=N/C(=O)N2CCCCC2)s1. The van der Waals surface area contributed by atoms with E-state index in [0.717, 1.165) is 24.1 Å². The summed E-state index contributed by atoms with van der Waals surface area (Å²) in [5.74, 6) is -0.0636. The third-order valence-corrected chi connectivity index (χ3v) is 5.15. The minimum Gasteiger partial charge on any atom is -0.395 e. The molecular formula is C17H17F2N3O3S. The zero-order valence-corrected chi connectivity index (χ0v) is 14.9. The highest BCUT2D eigenvalue weighted by atomic mass is 32.1. The van der Waals surface area contributed by atoms with E-state index in [1.54, 1.807) is 15.5 Å². The van der Waals surface area contributed by atoms with E-state index < -0.39 is 6.29 Å². The van der Waals surface area contributed by atoms with Crippen LogP contribution >= 0.6 is 11.3 Å². The van der Waals surface area contributed by atoms with Crippen molar-refractivity contribution in [3.05, 3.63) is 34.1 Å². The largest absolute Gasteiger partial charge is 0.586 e. The Balaban J connectivity index is 1.69. The van der Waals surface area contributed by atoms with Crippen LogP contribution in [0.5, 0.6) is 11.5 Å². The fourth-order valence-electron chi connectivity index (χ4n) is 3.04. The van der Waals surface area contributed by atoms with Gasteiger partial charge >= 0.3 is 12.3 Å². The average Bonchev–Trinajstić information content (AvgIpc) is 3.12. The molecule has 26 heavy (non-hydrogen) atoms. The van der Waals surface area contributed by atoms with E-state index in [4.69, 9.17) is 0 Å². The lowest BCUT2D eigenvalue weighted by Gasteiger charge is -2.24. The number of thiazole rings is 1. The number of ether oxygens (including phenoxy) is 2. The number of likely N-dealkylation sites (tertiary alicyclic amines) is 1. The summed E-state index contributed by atoms with van der Waals surface area (Å²) in [4.78, 5) is 19.9. The van der Waals surface area contributed by atoms with Gasteiger partial charge in [-0.3, -0.25) is 4.57 Å². The molecule has 2 amide bonds. The minimum atomic E-state index is -3.66. The van der Waals surface area contributed by atoms with Crippen LogP contribution in [0, 0.1) is 6.92 Å². The lowest BCUT2D eigenvalue weighted by atomic mass is 10.1. The maximum atomic E-state index is 13.2. The molecule has 0 N–H and O–H groups in total. The summed E-state index contributed by atoms with van der Waals surface area (Å²) >= 11 is 1.36. The predicted octanol–water partition coefficient (Wildman–Crippen LogP) is 3.68. The zero-order valence-electron chi connectivity index (χ0n) is 14.1. The number of halogens is 2. The lowest BCUT2D eigenvalue weighted by Crippen LogP contribution is -2.34. The molecule has 0 unspecified atom stereocenters. The van der Waals surface area contributed by atoms with E-state index >= 15 is 0 Å².